The summed E-state index contributed by atoms with van der Waals surface area (Å²) in [5.74, 6) is 3.12. The van der Waals surface area contributed by atoms with Gasteiger partial charge in [-0.15, -0.1) is 0 Å². The number of aromatic nitrogens is 2. The molecule has 7 heteroatoms. The molecule has 5 rings (SSSR count). The molecule has 7 nitrogen and oxygen atoms in total. The van der Waals surface area contributed by atoms with Gasteiger partial charge in [-0.05, 0) is 44.4 Å². The number of amides is 2. The van der Waals surface area contributed by atoms with E-state index in [-0.39, 0.29) is 11.9 Å². The molecule has 3 heterocycles. The maximum atomic E-state index is 13.3. The minimum absolute atomic E-state index is 0.0697. The second kappa shape index (κ2) is 7.42. The molecule has 158 valence electrons. The number of nitrogens with zero attached hydrogens (tertiary/aromatic N) is 5. The first-order valence-electron chi connectivity index (χ1n) is 11.4. The summed E-state index contributed by atoms with van der Waals surface area (Å²) in [4.78, 5) is 32.5. The standard InChI is InChI=1S/C22H33N5O2/c1-15-14-19(24(2)23-15)27-9-5-8-18(21(27)28)25-10-12-26(13-11-25)22(29)20-16-6-3-4-7-17(16)20/h14,16-18,20H,3-13H2,1-2H3. The third kappa shape index (κ3) is 3.37. The van der Waals surface area contributed by atoms with Gasteiger partial charge in [0.05, 0.1) is 11.7 Å². The Kier molecular flexibility index (Phi) is 4.88. The van der Waals surface area contributed by atoms with Crippen LogP contribution in [-0.2, 0) is 16.6 Å². The summed E-state index contributed by atoms with van der Waals surface area (Å²) < 4.78 is 1.81. The van der Waals surface area contributed by atoms with Crippen molar-refractivity contribution in [1.82, 2.24) is 19.6 Å². The van der Waals surface area contributed by atoms with Crippen molar-refractivity contribution in [3.8, 4) is 0 Å². The molecule has 1 aromatic rings. The third-order valence-electron chi connectivity index (χ3n) is 7.67. The molecule has 3 atom stereocenters. The highest BCUT2D eigenvalue weighted by Crippen LogP contribution is 2.56. The van der Waals surface area contributed by atoms with Crippen molar-refractivity contribution < 1.29 is 9.59 Å². The predicted molar refractivity (Wildman–Crippen MR) is 110 cm³/mol. The fourth-order valence-corrected chi connectivity index (χ4v) is 6.10. The molecule has 2 aliphatic heterocycles. The Balaban J connectivity index is 1.20. The van der Waals surface area contributed by atoms with Gasteiger partial charge in [0.25, 0.3) is 0 Å². The number of piperazine rings is 1. The molecule has 0 radical (unpaired) electrons. The highest BCUT2D eigenvalue weighted by molar-refractivity contribution is 5.97. The topological polar surface area (TPSA) is 61.7 Å². The molecule has 2 aliphatic carbocycles. The molecule has 2 saturated heterocycles. The van der Waals surface area contributed by atoms with Gasteiger partial charge in [-0.3, -0.25) is 24.1 Å². The van der Waals surface area contributed by atoms with E-state index in [1.165, 1.54) is 25.7 Å². The van der Waals surface area contributed by atoms with Gasteiger partial charge in [-0.25, -0.2) is 0 Å². The maximum absolute atomic E-state index is 13.3. The van der Waals surface area contributed by atoms with Crippen molar-refractivity contribution in [2.45, 2.75) is 51.5 Å². The van der Waals surface area contributed by atoms with Gasteiger partial charge in [-0.2, -0.15) is 5.10 Å². The molecule has 4 fully saturated rings. The SMILES string of the molecule is Cc1cc(N2CCCC(N3CCN(C(=O)C4C5CCCCC54)CC3)C2=O)n(C)n1. The van der Waals surface area contributed by atoms with Gasteiger partial charge < -0.3 is 4.90 Å². The zero-order chi connectivity index (χ0) is 20.1. The van der Waals surface area contributed by atoms with Crippen molar-refractivity contribution in [3.63, 3.8) is 0 Å². The van der Waals surface area contributed by atoms with E-state index in [9.17, 15) is 9.59 Å². The van der Waals surface area contributed by atoms with Gasteiger partial charge in [0, 0.05) is 51.8 Å². The maximum Gasteiger partial charge on any atom is 0.245 e. The van der Waals surface area contributed by atoms with Crippen LogP contribution in [0.4, 0.5) is 5.82 Å². The summed E-state index contributed by atoms with van der Waals surface area (Å²) >= 11 is 0. The third-order valence-corrected chi connectivity index (χ3v) is 7.67. The summed E-state index contributed by atoms with van der Waals surface area (Å²) in [5, 5.41) is 4.41. The van der Waals surface area contributed by atoms with E-state index in [0.717, 1.165) is 57.1 Å². The van der Waals surface area contributed by atoms with Gasteiger partial charge >= 0.3 is 0 Å². The number of piperidine rings is 1. The summed E-state index contributed by atoms with van der Waals surface area (Å²) in [6, 6.07) is 1.92. The van der Waals surface area contributed by atoms with Crippen molar-refractivity contribution in [2.24, 2.45) is 24.8 Å². The smallest absolute Gasteiger partial charge is 0.245 e. The van der Waals surface area contributed by atoms with Crippen LogP contribution in [0.25, 0.3) is 0 Å². The van der Waals surface area contributed by atoms with E-state index < -0.39 is 0 Å². The van der Waals surface area contributed by atoms with E-state index >= 15 is 0 Å². The van der Waals surface area contributed by atoms with E-state index in [4.69, 9.17) is 0 Å². The predicted octanol–water partition coefficient (Wildman–Crippen LogP) is 1.80. The van der Waals surface area contributed by atoms with E-state index in [1.54, 1.807) is 4.68 Å². The number of hydrogen-bond donors (Lipinski definition) is 0. The Hall–Kier alpha value is -1.89. The summed E-state index contributed by atoms with van der Waals surface area (Å²) in [6.07, 6.45) is 7.02. The van der Waals surface area contributed by atoms with E-state index in [1.807, 2.05) is 24.9 Å². The summed E-state index contributed by atoms with van der Waals surface area (Å²) in [7, 11) is 1.90. The first kappa shape index (κ1) is 19.1. The minimum Gasteiger partial charge on any atom is -0.340 e. The Morgan fingerprint density at radius 3 is 2.31 bits per heavy atom. The zero-order valence-electron chi connectivity index (χ0n) is 17.7. The van der Waals surface area contributed by atoms with Crippen molar-refractivity contribution >= 4 is 17.6 Å². The second-order valence-corrected chi connectivity index (χ2v) is 9.41. The van der Waals surface area contributed by atoms with Crippen molar-refractivity contribution in [2.75, 3.05) is 37.6 Å². The number of anilines is 1. The number of hydrogen-bond acceptors (Lipinski definition) is 4. The molecule has 29 heavy (non-hydrogen) atoms. The highest BCUT2D eigenvalue weighted by atomic mass is 16.2. The lowest BCUT2D eigenvalue weighted by Gasteiger charge is -2.42. The van der Waals surface area contributed by atoms with Gasteiger partial charge in [-0.1, -0.05) is 12.8 Å². The fourth-order valence-electron chi connectivity index (χ4n) is 6.10. The van der Waals surface area contributed by atoms with E-state index in [2.05, 4.69) is 14.9 Å². The summed E-state index contributed by atoms with van der Waals surface area (Å²) in [5.41, 5.74) is 0.935. The lowest BCUT2D eigenvalue weighted by Crippen LogP contribution is -2.58. The van der Waals surface area contributed by atoms with Crippen LogP contribution in [0.5, 0.6) is 0 Å². The van der Waals surface area contributed by atoms with Crippen LogP contribution in [0.2, 0.25) is 0 Å². The van der Waals surface area contributed by atoms with Gasteiger partial charge in [0.15, 0.2) is 0 Å². The molecule has 0 bridgehead atoms. The number of fused-ring (bicyclic) bond motifs is 1. The van der Waals surface area contributed by atoms with Crippen LogP contribution in [-0.4, -0.2) is 70.2 Å². The molecular weight excluding hydrogens is 366 g/mol. The normalized spacial score (nSPS) is 33.0. The van der Waals surface area contributed by atoms with Crippen molar-refractivity contribution in [1.29, 1.82) is 0 Å². The number of carbonyl (C=O) groups is 2. The Morgan fingerprint density at radius 1 is 1.00 bits per heavy atom. The Bertz CT molecular complexity index is 785. The molecule has 4 aliphatic rings. The van der Waals surface area contributed by atoms with Crippen LogP contribution in [0.1, 0.15) is 44.2 Å². The van der Waals surface area contributed by atoms with Crippen LogP contribution in [0.15, 0.2) is 6.07 Å². The van der Waals surface area contributed by atoms with Crippen LogP contribution >= 0.6 is 0 Å². The first-order chi connectivity index (χ1) is 14.0. The van der Waals surface area contributed by atoms with Crippen LogP contribution < -0.4 is 4.90 Å². The summed E-state index contributed by atoms with van der Waals surface area (Å²) in [6.45, 7) is 5.87. The number of rotatable bonds is 3. The van der Waals surface area contributed by atoms with Crippen molar-refractivity contribution in [3.05, 3.63) is 11.8 Å². The van der Waals surface area contributed by atoms with Gasteiger partial charge in [0.2, 0.25) is 11.8 Å². The number of aryl methyl sites for hydroxylation is 2. The van der Waals surface area contributed by atoms with Crippen LogP contribution in [0.3, 0.4) is 0 Å². The van der Waals surface area contributed by atoms with Crippen LogP contribution in [0, 0.1) is 24.7 Å². The molecule has 0 aromatic carbocycles. The molecule has 2 amide bonds. The Labute approximate surface area is 173 Å². The molecule has 1 aromatic heterocycles. The highest BCUT2D eigenvalue weighted by Gasteiger charge is 2.56. The number of carbonyl (C=O) groups excluding carboxylic acids is 2. The fraction of sp³-hybridized carbons (Fsp3) is 0.773. The molecular formula is C22H33N5O2. The molecule has 0 N–H and O–H groups in total. The zero-order valence-corrected chi connectivity index (χ0v) is 17.7. The molecule has 3 unspecified atom stereocenters. The molecule has 0 spiro atoms. The monoisotopic (exact) mass is 399 g/mol. The molecule has 2 saturated carbocycles. The lowest BCUT2D eigenvalue weighted by molar-refractivity contribution is -0.136. The lowest BCUT2D eigenvalue weighted by atomic mass is 10.0. The quantitative estimate of drug-likeness (QED) is 0.778. The average molecular weight is 400 g/mol. The Morgan fingerprint density at radius 2 is 1.69 bits per heavy atom. The average Bonchev–Trinajstić information content (AvgIpc) is 3.37. The minimum atomic E-state index is -0.0697. The second-order valence-electron chi connectivity index (χ2n) is 9.41. The largest absolute Gasteiger partial charge is 0.340 e. The van der Waals surface area contributed by atoms with Gasteiger partial charge in [0.1, 0.15) is 5.82 Å². The first-order valence-corrected chi connectivity index (χ1v) is 11.4. The van der Waals surface area contributed by atoms with E-state index in [0.29, 0.717) is 23.7 Å².